The summed E-state index contributed by atoms with van der Waals surface area (Å²) in [5.74, 6) is -0.610. The number of para-hydroxylation sites is 2. The summed E-state index contributed by atoms with van der Waals surface area (Å²) in [4.78, 5) is 35.7. The van der Waals surface area contributed by atoms with Crippen molar-refractivity contribution in [3.05, 3.63) is 72.9 Å². The zero-order chi connectivity index (χ0) is 24.3. The summed E-state index contributed by atoms with van der Waals surface area (Å²) in [6.07, 6.45) is 3.87. The molecule has 0 spiro atoms. The third kappa shape index (κ3) is 7.06. The number of nitrogens with one attached hydrogen (secondary N) is 4. The van der Waals surface area contributed by atoms with E-state index in [1.54, 1.807) is 42.5 Å². The van der Waals surface area contributed by atoms with Gasteiger partial charge in [-0.05, 0) is 49.2 Å². The van der Waals surface area contributed by atoms with Crippen LogP contribution in [0.25, 0.3) is 11.3 Å². The van der Waals surface area contributed by atoms with Gasteiger partial charge in [-0.3, -0.25) is 19.5 Å². The van der Waals surface area contributed by atoms with Crippen LogP contribution in [0.15, 0.2) is 67.3 Å². The van der Waals surface area contributed by atoms with E-state index in [1.807, 2.05) is 12.1 Å². The summed E-state index contributed by atoms with van der Waals surface area (Å²) in [7, 11) is 0. The second-order valence-electron chi connectivity index (χ2n) is 7.64. The Labute approximate surface area is 197 Å². The van der Waals surface area contributed by atoms with E-state index in [9.17, 15) is 14.4 Å². The van der Waals surface area contributed by atoms with E-state index < -0.39 is 0 Å². The zero-order valence-electron chi connectivity index (χ0n) is 18.8. The minimum atomic E-state index is -0.285. The van der Waals surface area contributed by atoms with Crippen molar-refractivity contribution in [2.24, 2.45) is 0 Å². The van der Waals surface area contributed by atoms with Gasteiger partial charge < -0.3 is 21.7 Å². The van der Waals surface area contributed by atoms with E-state index in [2.05, 4.69) is 32.7 Å². The van der Waals surface area contributed by atoms with Gasteiger partial charge in [0.25, 0.3) is 5.91 Å². The van der Waals surface area contributed by atoms with E-state index in [1.165, 1.54) is 6.08 Å². The molecule has 0 unspecified atom stereocenters. The van der Waals surface area contributed by atoms with E-state index >= 15 is 0 Å². The van der Waals surface area contributed by atoms with E-state index in [0.717, 1.165) is 18.4 Å². The SMILES string of the molecule is C=CC(=O)Nc1ccc(-c2cc(C(=O)NCCCCCC(=O)Nc3ccccc3N)[nH]n2)cc1. The highest BCUT2D eigenvalue weighted by atomic mass is 16.2. The molecule has 1 aromatic heterocycles. The zero-order valence-corrected chi connectivity index (χ0v) is 18.8. The van der Waals surface area contributed by atoms with Crippen molar-refractivity contribution >= 4 is 34.8 Å². The number of anilines is 3. The van der Waals surface area contributed by atoms with Crippen LogP contribution in [0.3, 0.4) is 0 Å². The molecule has 0 fully saturated rings. The molecule has 0 saturated carbocycles. The first kappa shape index (κ1) is 24.2. The first-order valence-corrected chi connectivity index (χ1v) is 11.0. The molecule has 9 nitrogen and oxygen atoms in total. The Morgan fingerprint density at radius 3 is 2.50 bits per heavy atom. The molecule has 0 aliphatic heterocycles. The first-order chi connectivity index (χ1) is 16.5. The lowest BCUT2D eigenvalue weighted by molar-refractivity contribution is -0.116. The number of carbonyl (C=O) groups is 3. The second-order valence-corrected chi connectivity index (χ2v) is 7.64. The predicted molar refractivity (Wildman–Crippen MR) is 133 cm³/mol. The standard InChI is InChI=1S/C25H28N6O3/c1-2-23(32)28-18-13-11-17(12-14-18)21-16-22(31-30-21)25(34)27-15-7-3-4-10-24(33)29-20-9-6-5-8-19(20)26/h2,5-6,8-9,11-14,16H,1,3-4,7,10,15,26H2,(H,27,34)(H,28,32)(H,29,33)(H,30,31). The number of aromatic nitrogens is 2. The molecule has 2 aromatic carbocycles. The molecular weight excluding hydrogens is 432 g/mol. The number of nitrogens with two attached hydrogens (primary N) is 1. The third-order valence-electron chi connectivity index (χ3n) is 5.06. The molecule has 34 heavy (non-hydrogen) atoms. The maximum absolute atomic E-state index is 12.4. The van der Waals surface area contributed by atoms with Gasteiger partial charge in [-0.15, -0.1) is 0 Å². The van der Waals surface area contributed by atoms with Gasteiger partial charge >= 0.3 is 0 Å². The van der Waals surface area contributed by atoms with Gasteiger partial charge in [-0.2, -0.15) is 5.10 Å². The Morgan fingerprint density at radius 2 is 1.76 bits per heavy atom. The van der Waals surface area contributed by atoms with Crippen LogP contribution < -0.4 is 21.7 Å². The lowest BCUT2D eigenvalue weighted by Crippen LogP contribution is -2.24. The molecule has 0 aliphatic carbocycles. The van der Waals surface area contributed by atoms with Crippen LogP contribution in [0.1, 0.15) is 36.2 Å². The number of hydrogen-bond acceptors (Lipinski definition) is 5. The van der Waals surface area contributed by atoms with E-state index in [-0.39, 0.29) is 17.7 Å². The Kier molecular flexibility index (Phi) is 8.56. The molecule has 0 bridgehead atoms. The van der Waals surface area contributed by atoms with Gasteiger partial charge in [-0.1, -0.05) is 37.3 Å². The molecule has 3 rings (SSSR count). The monoisotopic (exact) mass is 460 g/mol. The quantitative estimate of drug-likeness (QED) is 0.168. The number of rotatable bonds is 11. The minimum absolute atomic E-state index is 0.0805. The summed E-state index contributed by atoms with van der Waals surface area (Å²) in [6, 6.07) is 15.9. The van der Waals surface area contributed by atoms with Gasteiger partial charge in [0.15, 0.2) is 0 Å². The second kappa shape index (κ2) is 12.0. The third-order valence-corrected chi connectivity index (χ3v) is 5.06. The molecule has 0 aliphatic rings. The Hall–Kier alpha value is -4.40. The summed E-state index contributed by atoms with van der Waals surface area (Å²) < 4.78 is 0. The van der Waals surface area contributed by atoms with Gasteiger partial charge in [0.05, 0.1) is 17.1 Å². The molecule has 3 aromatic rings. The van der Waals surface area contributed by atoms with Crippen LogP contribution in [0.4, 0.5) is 17.1 Å². The van der Waals surface area contributed by atoms with Crippen molar-refractivity contribution in [2.45, 2.75) is 25.7 Å². The van der Waals surface area contributed by atoms with Gasteiger partial charge in [-0.25, -0.2) is 0 Å². The molecule has 176 valence electrons. The van der Waals surface area contributed by atoms with Crippen molar-refractivity contribution < 1.29 is 14.4 Å². The van der Waals surface area contributed by atoms with Crippen LogP contribution in [0.5, 0.6) is 0 Å². The Morgan fingerprint density at radius 1 is 1.00 bits per heavy atom. The number of nitrogens with zero attached hydrogens (tertiary/aromatic N) is 1. The minimum Gasteiger partial charge on any atom is -0.397 e. The van der Waals surface area contributed by atoms with E-state index in [4.69, 9.17) is 5.73 Å². The lowest BCUT2D eigenvalue weighted by Gasteiger charge is -2.08. The average Bonchev–Trinajstić information content (AvgIpc) is 3.33. The van der Waals surface area contributed by atoms with Crippen molar-refractivity contribution in [2.75, 3.05) is 22.9 Å². The Bertz CT molecular complexity index is 1150. The fourth-order valence-corrected chi connectivity index (χ4v) is 3.21. The highest BCUT2D eigenvalue weighted by molar-refractivity contribution is 5.99. The number of carbonyl (C=O) groups excluding carboxylic acids is 3. The molecule has 0 atom stereocenters. The molecular formula is C25H28N6O3. The fourth-order valence-electron chi connectivity index (χ4n) is 3.21. The molecule has 9 heteroatoms. The van der Waals surface area contributed by atoms with Crippen LogP contribution in [0.2, 0.25) is 0 Å². The average molecular weight is 461 g/mol. The molecule has 0 radical (unpaired) electrons. The molecule has 0 saturated heterocycles. The number of amides is 3. The van der Waals surface area contributed by atoms with Crippen LogP contribution in [0, 0.1) is 0 Å². The van der Waals surface area contributed by atoms with Gasteiger partial charge in [0.2, 0.25) is 11.8 Å². The van der Waals surface area contributed by atoms with Crippen molar-refractivity contribution in [3.8, 4) is 11.3 Å². The summed E-state index contributed by atoms with van der Waals surface area (Å²) >= 11 is 0. The summed E-state index contributed by atoms with van der Waals surface area (Å²) in [6.45, 7) is 3.91. The summed E-state index contributed by atoms with van der Waals surface area (Å²) in [5.41, 5.74) is 9.41. The first-order valence-electron chi connectivity index (χ1n) is 11.0. The Balaban J connectivity index is 1.36. The molecule has 3 amide bonds. The highest BCUT2D eigenvalue weighted by Gasteiger charge is 2.11. The maximum Gasteiger partial charge on any atom is 0.269 e. The highest BCUT2D eigenvalue weighted by Crippen LogP contribution is 2.20. The van der Waals surface area contributed by atoms with Crippen LogP contribution in [-0.2, 0) is 9.59 Å². The topological polar surface area (TPSA) is 142 Å². The molecule has 6 N–H and O–H groups in total. The van der Waals surface area contributed by atoms with Gasteiger partial charge in [0.1, 0.15) is 5.69 Å². The van der Waals surface area contributed by atoms with E-state index in [0.29, 0.717) is 47.8 Å². The van der Waals surface area contributed by atoms with Crippen molar-refractivity contribution in [1.82, 2.24) is 15.5 Å². The predicted octanol–water partition coefficient (Wildman–Crippen LogP) is 3.71. The number of aromatic amines is 1. The number of nitrogen functional groups attached to an aromatic ring is 1. The molecule has 1 heterocycles. The van der Waals surface area contributed by atoms with Crippen molar-refractivity contribution in [1.29, 1.82) is 0 Å². The van der Waals surface area contributed by atoms with Crippen LogP contribution in [-0.4, -0.2) is 34.5 Å². The summed E-state index contributed by atoms with van der Waals surface area (Å²) in [5, 5.41) is 15.3. The largest absolute Gasteiger partial charge is 0.397 e. The smallest absolute Gasteiger partial charge is 0.269 e. The lowest BCUT2D eigenvalue weighted by atomic mass is 10.1. The van der Waals surface area contributed by atoms with Crippen molar-refractivity contribution in [3.63, 3.8) is 0 Å². The number of unbranched alkanes of at least 4 members (excludes halogenated alkanes) is 2. The number of hydrogen-bond donors (Lipinski definition) is 5. The normalized spacial score (nSPS) is 10.4. The number of H-pyrrole nitrogens is 1. The number of benzene rings is 2. The van der Waals surface area contributed by atoms with Crippen LogP contribution >= 0.6 is 0 Å². The fraction of sp³-hybridized carbons (Fsp3) is 0.200. The van der Waals surface area contributed by atoms with Gasteiger partial charge in [0, 0.05) is 24.2 Å². The maximum atomic E-state index is 12.4.